The molecule has 2 atom stereocenters. The van der Waals surface area contributed by atoms with Gasteiger partial charge in [0, 0.05) is 18.8 Å². The number of ether oxygens (including phenoxy) is 2. The zero-order valence-electron chi connectivity index (χ0n) is 12.7. The molecule has 2 amide bonds. The second-order valence-electron chi connectivity index (χ2n) is 5.08. The number of carbonyl (C=O) groups excluding carboxylic acids is 2. The van der Waals surface area contributed by atoms with Crippen LogP contribution in [-0.2, 0) is 14.3 Å². The van der Waals surface area contributed by atoms with Crippen LogP contribution >= 0.6 is 0 Å². The van der Waals surface area contributed by atoms with Crippen LogP contribution < -0.4 is 10.6 Å². The SMILES string of the molecule is CCO[C@@H]1COCC[C@H]1NC(=O)CNC(=O)c1ccccc1. The van der Waals surface area contributed by atoms with Gasteiger partial charge in [-0.15, -0.1) is 0 Å². The molecule has 0 unspecified atom stereocenters. The molecular formula is C16H22N2O4. The Labute approximate surface area is 130 Å². The Morgan fingerprint density at radius 1 is 1.32 bits per heavy atom. The average molecular weight is 306 g/mol. The lowest BCUT2D eigenvalue weighted by Crippen LogP contribution is -2.52. The average Bonchev–Trinajstić information content (AvgIpc) is 2.55. The van der Waals surface area contributed by atoms with Crippen LogP contribution in [0.15, 0.2) is 30.3 Å². The van der Waals surface area contributed by atoms with E-state index in [0.717, 1.165) is 0 Å². The van der Waals surface area contributed by atoms with Gasteiger partial charge in [-0.05, 0) is 25.5 Å². The summed E-state index contributed by atoms with van der Waals surface area (Å²) in [5.41, 5.74) is 0.536. The van der Waals surface area contributed by atoms with Gasteiger partial charge in [-0.2, -0.15) is 0 Å². The standard InChI is InChI=1S/C16H22N2O4/c1-2-22-14-11-21-9-8-13(14)18-15(19)10-17-16(20)12-6-4-3-5-7-12/h3-7,13-14H,2,8-11H2,1H3,(H,17,20)(H,18,19)/t13-,14-/m1/s1. The molecule has 0 aliphatic carbocycles. The normalized spacial score (nSPS) is 21.1. The van der Waals surface area contributed by atoms with Crippen molar-refractivity contribution in [2.75, 3.05) is 26.4 Å². The lowest BCUT2D eigenvalue weighted by atomic mass is 10.1. The summed E-state index contributed by atoms with van der Waals surface area (Å²) in [4.78, 5) is 23.8. The second kappa shape index (κ2) is 8.51. The van der Waals surface area contributed by atoms with E-state index in [1.807, 2.05) is 13.0 Å². The fourth-order valence-electron chi connectivity index (χ4n) is 2.37. The first kappa shape index (κ1) is 16.5. The molecule has 6 heteroatoms. The van der Waals surface area contributed by atoms with Gasteiger partial charge in [0.15, 0.2) is 0 Å². The van der Waals surface area contributed by atoms with E-state index in [9.17, 15) is 9.59 Å². The molecule has 120 valence electrons. The summed E-state index contributed by atoms with van der Waals surface area (Å²) < 4.78 is 10.9. The number of nitrogens with one attached hydrogen (secondary N) is 2. The van der Waals surface area contributed by atoms with E-state index in [4.69, 9.17) is 9.47 Å². The first-order chi connectivity index (χ1) is 10.7. The highest BCUT2D eigenvalue weighted by atomic mass is 16.5. The van der Waals surface area contributed by atoms with Crippen molar-refractivity contribution in [2.24, 2.45) is 0 Å². The van der Waals surface area contributed by atoms with Crippen molar-refractivity contribution in [3.63, 3.8) is 0 Å². The quantitative estimate of drug-likeness (QED) is 0.812. The zero-order valence-corrected chi connectivity index (χ0v) is 12.7. The molecule has 1 saturated heterocycles. The molecular weight excluding hydrogens is 284 g/mol. The van der Waals surface area contributed by atoms with Gasteiger partial charge in [-0.1, -0.05) is 18.2 Å². The molecule has 0 spiro atoms. The molecule has 0 bridgehead atoms. The molecule has 2 N–H and O–H groups in total. The third-order valence-corrected chi connectivity index (χ3v) is 3.48. The van der Waals surface area contributed by atoms with Gasteiger partial charge >= 0.3 is 0 Å². The highest BCUT2D eigenvalue weighted by Crippen LogP contribution is 2.11. The van der Waals surface area contributed by atoms with Gasteiger partial charge in [-0.25, -0.2) is 0 Å². The van der Waals surface area contributed by atoms with Gasteiger partial charge in [0.25, 0.3) is 5.91 Å². The van der Waals surface area contributed by atoms with E-state index in [1.165, 1.54) is 0 Å². The number of hydrogen-bond donors (Lipinski definition) is 2. The predicted octanol–water partition coefficient (Wildman–Crippen LogP) is 0.727. The Bertz CT molecular complexity index is 490. The molecule has 0 saturated carbocycles. The highest BCUT2D eigenvalue weighted by molar-refractivity contribution is 5.96. The third-order valence-electron chi connectivity index (χ3n) is 3.48. The zero-order chi connectivity index (χ0) is 15.8. The summed E-state index contributed by atoms with van der Waals surface area (Å²) in [6.45, 7) is 3.52. The molecule has 6 nitrogen and oxygen atoms in total. The van der Waals surface area contributed by atoms with E-state index in [0.29, 0.717) is 31.8 Å². The molecule has 2 rings (SSSR count). The number of rotatable bonds is 6. The maximum absolute atomic E-state index is 12.0. The number of hydrogen-bond acceptors (Lipinski definition) is 4. The van der Waals surface area contributed by atoms with E-state index >= 15 is 0 Å². The predicted molar refractivity (Wildman–Crippen MR) is 81.6 cm³/mol. The first-order valence-corrected chi connectivity index (χ1v) is 7.52. The monoisotopic (exact) mass is 306 g/mol. The fourth-order valence-corrected chi connectivity index (χ4v) is 2.37. The number of benzene rings is 1. The topological polar surface area (TPSA) is 76.7 Å². The van der Waals surface area contributed by atoms with Crippen molar-refractivity contribution in [1.82, 2.24) is 10.6 Å². The van der Waals surface area contributed by atoms with Crippen molar-refractivity contribution in [2.45, 2.75) is 25.5 Å². The van der Waals surface area contributed by atoms with Crippen LogP contribution in [0.25, 0.3) is 0 Å². The van der Waals surface area contributed by atoms with Crippen molar-refractivity contribution >= 4 is 11.8 Å². The Balaban J connectivity index is 1.78. The van der Waals surface area contributed by atoms with Gasteiger partial charge in [-0.3, -0.25) is 9.59 Å². The van der Waals surface area contributed by atoms with Crippen molar-refractivity contribution < 1.29 is 19.1 Å². The van der Waals surface area contributed by atoms with Crippen LogP contribution in [0.5, 0.6) is 0 Å². The van der Waals surface area contributed by atoms with Crippen molar-refractivity contribution in [1.29, 1.82) is 0 Å². The van der Waals surface area contributed by atoms with Crippen LogP contribution in [0.1, 0.15) is 23.7 Å². The van der Waals surface area contributed by atoms with Crippen molar-refractivity contribution in [3.8, 4) is 0 Å². The molecule has 1 fully saturated rings. The van der Waals surface area contributed by atoms with E-state index < -0.39 is 0 Å². The fraction of sp³-hybridized carbons (Fsp3) is 0.500. The summed E-state index contributed by atoms with van der Waals surface area (Å²) in [7, 11) is 0. The summed E-state index contributed by atoms with van der Waals surface area (Å²) in [5.74, 6) is -0.482. The largest absolute Gasteiger partial charge is 0.379 e. The Morgan fingerprint density at radius 3 is 2.82 bits per heavy atom. The Morgan fingerprint density at radius 2 is 2.09 bits per heavy atom. The number of amides is 2. The summed E-state index contributed by atoms with van der Waals surface area (Å²) >= 11 is 0. The lowest BCUT2D eigenvalue weighted by Gasteiger charge is -2.31. The molecule has 0 radical (unpaired) electrons. The molecule has 0 aromatic heterocycles. The van der Waals surface area contributed by atoms with Gasteiger partial charge < -0.3 is 20.1 Å². The third kappa shape index (κ3) is 4.82. The van der Waals surface area contributed by atoms with Crippen LogP contribution in [-0.4, -0.2) is 50.3 Å². The molecule has 1 aromatic rings. The van der Waals surface area contributed by atoms with Gasteiger partial charge in [0.1, 0.15) is 6.10 Å². The highest BCUT2D eigenvalue weighted by Gasteiger charge is 2.27. The smallest absolute Gasteiger partial charge is 0.251 e. The molecule has 22 heavy (non-hydrogen) atoms. The maximum Gasteiger partial charge on any atom is 0.251 e. The molecule has 1 aromatic carbocycles. The molecule has 1 aliphatic heterocycles. The summed E-state index contributed by atoms with van der Waals surface area (Å²) in [5, 5.41) is 5.51. The van der Waals surface area contributed by atoms with E-state index in [2.05, 4.69) is 10.6 Å². The number of carbonyl (C=O) groups is 2. The maximum atomic E-state index is 12.0. The minimum Gasteiger partial charge on any atom is -0.379 e. The Hall–Kier alpha value is -1.92. The van der Waals surface area contributed by atoms with Crippen LogP contribution in [0.4, 0.5) is 0 Å². The van der Waals surface area contributed by atoms with E-state index in [1.54, 1.807) is 24.3 Å². The second-order valence-corrected chi connectivity index (χ2v) is 5.08. The first-order valence-electron chi connectivity index (χ1n) is 7.52. The lowest BCUT2D eigenvalue weighted by molar-refractivity contribution is -0.125. The summed E-state index contributed by atoms with van der Waals surface area (Å²) in [6.07, 6.45) is 0.579. The minimum atomic E-state index is -0.260. The minimum absolute atomic E-state index is 0.0517. The van der Waals surface area contributed by atoms with Crippen molar-refractivity contribution in [3.05, 3.63) is 35.9 Å². The summed E-state index contributed by atoms with van der Waals surface area (Å²) in [6, 6.07) is 8.73. The molecule has 1 heterocycles. The van der Waals surface area contributed by atoms with Gasteiger partial charge in [0.2, 0.25) is 5.91 Å². The van der Waals surface area contributed by atoms with Crippen LogP contribution in [0, 0.1) is 0 Å². The Kier molecular flexibility index (Phi) is 6.36. The van der Waals surface area contributed by atoms with Gasteiger partial charge in [0.05, 0.1) is 19.2 Å². The van der Waals surface area contributed by atoms with E-state index in [-0.39, 0.29) is 30.5 Å². The van der Waals surface area contributed by atoms with Crippen LogP contribution in [0.2, 0.25) is 0 Å². The van der Waals surface area contributed by atoms with Crippen LogP contribution in [0.3, 0.4) is 0 Å². The molecule has 1 aliphatic rings.